The van der Waals surface area contributed by atoms with Crippen LogP contribution in [0.4, 0.5) is 5.88 Å². The molecule has 6 nitrogen and oxygen atoms in total. The minimum atomic E-state index is -0.558. The van der Waals surface area contributed by atoms with Gasteiger partial charge in [-0.3, -0.25) is 4.90 Å². The average Bonchev–Trinajstić information content (AvgIpc) is 3.18. The average molecular weight is 428 g/mol. The molecular formula is C25H37N3O3. The van der Waals surface area contributed by atoms with Gasteiger partial charge in [-0.1, -0.05) is 55.4 Å². The van der Waals surface area contributed by atoms with Crippen LogP contribution in [0.3, 0.4) is 0 Å². The van der Waals surface area contributed by atoms with Gasteiger partial charge in [0.05, 0.1) is 24.9 Å². The third-order valence-corrected chi connectivity index (χ3v) is 5.48. The van der Waals surface area contributed by atoms with Crippen LogP contribution >= 0.6 is 0 Å². The normalized spacial score (nSPS) is 15.6. The summed E-state index contributed by atoms with van der Waals surface area (Å²) in [5.41, 5.74) is 3.06. The van der Waals surface area contributed by atoms with E-state index in [0.717, 1.165) is 42.3 Å². The van der Waals surface area contributed by atoms with Crippen molar-refractivity contribution in [2.24, 2.45) is 5.92 Å². The fourth-order valence-corrected chi connectivity index (χ4v) is 4.19. The smallest absolute Gasteiger partial charge is 0.232 e. The number of piperidine rings is 1. The van der Waals surface area contributed by atoms with Crippen molar-refractivity contribution in [1.29, 1.82) is 0 Å². The molecule has 0 radical (unpaired) electrons. The number of aliphatic hydroxyl groups excluding tert-OH is 1. The van der Waals surface area contributed by atoms with Crippen molar-refractivity contribution in [3.63, 3.8) is 0 Å². The molecule has 170 valence electrons. The Bertz CT molecular complexity index is 785. The molecule has 1 saturated heterocycles. The molecule has 2 heterocycles. The Morgan fingerprint density at radius 3 is 2.61 bits per heavy atom. The van der Waals surface area contributed by atoms with E-state index < -0.39 is 6.10 Å². The van der Waals surface area contributed by atoms with E-state index in [0.29, 0.717) is 32.2 Å². The first-order chi connectivity index (χ1) is 15.1. The lowest BCUT2D eigenvalue weighted by Gasteiger charge is -2.30. The van der Waals surface area contributed by atoms with Gasteiger partial charge in [-0.15, -0.1) is 6.58 Å². The Kier molecular flexibility index (Phi) is 9.13. The van der Waals surface area contributed by atoms with Crippen LogP contribution in [0.5, 0.6) is 0 Å². The van der Waals surface area contributed by atoms with E-state index in [-0.39, 0.29) is 0 Å². The molecule has 0 aliphatic carbocycles. The summed E-state index contributed by atoms with van der Waals surface area (Å²) in [5.74, 6) is 1.35. The number of hydrogen-bond acceptors (Lipinski definition) is 6. The summed E-state index contributed by atoms with van der Waals surface area (Å²) < 4.78 is 11.4. The fourth-order valence-electron chi connectivity index (χ4n) is 4.19. The van der Waals surface area contributed by atoms with E-state index in [1.807, 2.05) is 18.2 Å². The van der Waals surface area contributed by atoms with Crippen LogP contribution in [0.2, 0.25) is 0 Å². The number of hydrogen-bond donors (Lipinski definition) is 1. The van der Waals surface area contributed by atoms with Crippen LogP contribution in [-0.2, 0) is 11.3 Å². The van der Waals surface area contributed by atoms with Gasteiger partial charge in [-0.2, -0.15) is 0 Å². The van der Waals surface area contributed by atoms with Crippen LogP contribution in [0.1, 0.15) is 38.7 Å². The first-order valence-electron chi connectivity index (χ1n) is 11.5. The molecule has 1 aromatic carbocycles. The van der Waals surface area contributed by atoms with Gasteiger partial charge in [-0.05, 0) is 25.2 Å². The Hall–Kier alpha value is -2.15. The van der Waals surface area contributed by atoms with Crippen LogP contribution in [0, 0.1) is 5.92 Å². The third kappa shape index (κ3) is 6.92. The molecule has 0 saturated carbocycles. The lowest BCUT2D eigenvalue weighted by atomic mass is 10.0. The predicted octanol–water partition coefficient (Wildman–Crippen LogP) is 4.35. The largest absolute Gasteiger partial charge is 0.389 e. The molecule has 0 unspecified atom stereocenters. The van der Waals surface area contributed by atoms with Gasteiger partial charge < -0.3 is 19.3 Å². The van der Waals surface area contributed by atoms with Crippen LogP contribution in [0.15, 0.2) is 47.5 Å². The number of aliphatic hydroxyl groups is 1. The van der Waals surface area contributed by atoms with E-state index in [1.54, 1.807) is 6.08 Å². The Morgan fingerprint density at radius 1 is 1.19 bits per heavy atom. The lowest BCUT2D eigenvalue weighted by Crippen LogP contribution is -2.37. The molecule has 6 heteroatoms. The Balaban J connectivity index is 1.85. The molecule has 0 amide bonds. The number of anilines is 1. The molecule has 1 aliphatic heterocycles. The zero-order valence-electron chi connectivity index (χ0n) is 19.0. The number of rotatable bonds is 12. The van der Waals surface area contributed by atoms with E-state index in [1.165, 1.54) is 19.3 Å². The zero-order chi connectivity index (χ0) is 22.1. The quantitative estimate of drug-likeness (QED) is 0.401. The number of aromatic nitrogens is 1. The van der Waals surface area contributed by atoms with E-state index in [2.05, 4.69) is 47.5 Å². The van der Waals surface area contributed by atoms with Crippen LogP contribution in [-0.4, -0.2) is 60.7 Å². The maximum absolute atomic E-state index is 10.5. The van der Waals surface area contributed by atoms with Crippen molar-refractivity contribution in [3.05, 3.63) is 48.6 Å². The molecular weight excluding hydrogens is 390 g/mol. The van der Waals surface area contributed by atoms with Gasteiger partial charge in [0.2, 0.25) is 5.88 Å². The molecule has 1 atom stereocenters. The summed E-state index contributed by atoms with van der Waals surface area (Å²) in [4.78, 5) is 4.62. The highest BCUT2D eigenvalue weighted by molar-refractivity contribution is 5.68. The van der Waals surface area contributed by atoms with Crippen molar-refractivity contribution < 1.29 is 14.4 Å². The minimum Gasteiger partial charge on any atom is -0.389 e. The van der Waals surface area contributed by atoms with Crippen molar-refractivity contribution in [2.45, 2.75) is 45.8 Å². The maximum Gasteiger partial charge on any atom is 0.232 e. The fraction of sp³-hybridized carbons (Fsp3) is 0.560. The first kappa shape index (κ1) is 23.5. The van der Waals surface area contributed by atoms with Crippen molar-refractivity contribution >= 4 is 5.88 Å². The molecule has 1 aromatic heterocycles. The second-order valence-corrected chi connectivity index (χ2v) is 8.80. The standard InChI is InChI=1S/C25H37N3O3/c1-4-15-30-19-22(29)17-27(16-20(2)3)18-23-24(21-11-7-5-8-12-21)26-31-25(23)28-13-9-6-10-14-28/h4-5,7-8,11-12,20,22,29H,1,6,9-10,13-19H2,2-3H3/t22-/m0/s1. The van der Waals surface area contributed by atoms with Crippen LogP contribution < -0.4 is 4.90 Å². The summed E-state index contributed by atoms with van der Waals surface area (Å²) in [6.07, 6.45) is 4.76. The SMILES string of the molecule is C=CCOC[C@@H](O)CN(Cc1c(-c2ccccc2)noc1N1CCCCC1)CC(C)C. The molecule has 0 bridgehead atoms. The van der Waals surface area contributed by atoms with E-state index in [9.17, 15) is 5.11 Å². The highest BCUT2D eigenvalue weighted by Crippen LogP contribution is 2.34. The summed E-state index contributed by atoms with van der Waals surface area (Å²) in [5, 5.41) is 15.0. The van der Waals surface area contributed by atoms with Gasteiger partial charge >= 0.3 is 0 Å². The summed E-state index contributed by atoms with van der Waals surface area (Å²) in [6, 6.07) is 10.2. The molecule has 0 spiro atoms. The number of benzene rings is 1. The molecule has 31 heavy (non-hydrogen) atoms. The molecule has 2 aromatic rings. The molecule has 1 N–H and O–H groups in total. The van der Waals surface area contributed by atoms with Gasteiger partial charge in [0.1, 0.15) is 5.69 Å². The monoisotopic (exact) mass is 427 g/mol. The van der Waals surface area contributed by atoms with Crippen LogP contribution in [0.25, 0.3) is 11.3 Å². The number of nitrogens with zero attached hydrogens (tertiary/aromatic N) is 3. The zero-order valence-corrected chi connectivity index (χ0v) is 19.0. The number of ether oxygens (including phenoxy) is 1. The lowest BCUT2D eigenvalue weighted by molar-refractivity contribution is 0.0223. The maximum atomic E-state index is 10.5. The van der Waals surface area contributed by atoms with Crippen molar-refractivity contribution in [2.75, 3.05) is 44.3 Å². The predicted molar refractivity (Wildman–Crippen MR) is 125 cm³/mol. The molecule has 3 rings (SSSR count). The van der Waals surface area contributed by atoms with Crippen molar-refractivity contribution in [1.82, 2.24) is 10.1 Å². The van der Waals surface area contributed by atoms with E-state index in [4.69, 9.17) is 9.26 Å². The minimum absolute atomic E-state index is 0.300. The topological polar surface area (TPSA) is 62.0 Å². The molecule has 1 fully saturated rings. The summed E-state index contributed by atoms with van der Waals surface area (Å²) >= 11 is 0. The van der Waals surface area contributed by atoms with Gasteiger partial charge in [0, 0.05) is 38.3 Å². The second kappa shape index (κ2) is 12.0. The highest BCUT2D eigenvalue weighted by atomic mass is 16.5. The summed E-state index contributed by atoms with van der Waals surface area (Å²) in [7, 11) is 0. The Morgan fingerprint density at radius 2 is 1.94 bits per heavy atom. The van der Waals surface area contributed by atoms with E-state index >= 15 is 0 Å². The van der Waals surface area contributed by atoms with Crippen molar-refractivity contribution in [3.8, 4) is 11.3 Å². The highest BCUT2D eigenvalue weighted by Gasteiger charge is 2.26. The van der Waals surface area contributed by atoms with Gasteiger partial charge in [-0.25, -0.2) is 0 Å². The van der Waals surface area contributed by atoms with Gasteiger partial charge in [0.25, 0.3) is 0 Å². The summed E-state index contributed by atoms with van der Waals surface area (Å²) in [6.45, 7) is 12.9. The Labute approximate surface area is 186 Å². The third-order valence-electron chi connectivity index (χ3n) is 5.48. The van der Waals surface area contributed by atoms with Gasteiger partial charge in [0.15, 0.2) is 0 Å². The first-order valence-corrected chi connectivity index (χ1v) is 11.5. The molecule has 1 aliphatic rings. The second-order valence-electron chi connectivity index (χ2n) is 8.80.